The van der Waals surface area contributed by atoms with E-state index in [-0.39, 0.29) is 18.1 Å². The lowest BCUT2D eigenvalue weighted by molar-refractivity contribution is -0.137. The van der Waals surface area contributed by atoms with Crippen LogP contribution in [0.1, 0.15) is 58.8 Å². The number of carbonyl (C=O) groups is 3. The molecule has 0 aliphatic rings. The zero-order valence-electron chi connectivity index (χ0n) is 12.0. The minimum Gasteiger partial charge on any atom is -0.481 e. The summed E-state index contributed by atoms with van der Waals surface area (Å²) in [6.45, 7) is 5.42. The lowest BCUT2D eigenvalue weighted by Gasteiger charge is -2.05. The number of amides is 1. The van der Waals surface area contributed by atoms with Crippen molar-refractivity contribution in [2.24, 2.45) is 0 Å². The second-order valence-electron chi connectivity index (χ2n) is 4.64. The zero-order chi connectivity index (χ0) is 15.3. The van der Waals surface area contributed by atoms with E-state index in [0.717, 1.165) is 0 Å². The van der Waals surface area contributed by atoms with Crippen molar-refractivity contribution in [3.8, 4) is 0 Å². The molecular formula is C14H20N2O4. The van der Waals surface area contributed by atoms with Gasteiger partial charge >= 0.3 is 5.97 Å². The molecule has 6 heteroatoms. The van der Waals surface area contributed by atoms with Crippen molar-refractivity contribution in [2.45, 2.75) is 40.0 Å². The first-order valence-corrected chi connectivity index (χ1v) is 6.60. The Morgan fingerprint density at radius 2 is 1.95 bits per heavy atom. The Balaban J connectivity index is 2.80. The predicted octanol–water partition coefficient (Wildman–Crippen LogP) is 1.68. The summed E-state index contributed by atoms with van der Waals surface area (Å²) in [5.74, 6) is -1.26. The summed E-state index contributed by atoms with van der Waals surface area (Å²) >= 11 is 0. The van der Waals surface area contributed by atoms with Gasteiger partial charge in [0, 0.05) is 24.2 Å². The van der Waals surface area contributed by atoms with Gasteiger partial charge in [-0.1, -0.05) is 6.92 Å². The molecule has 1 heterocycles. The molecule has 110 valence electrons. The highest BCUT2D eigenvalue weighted by Crippen LogP contribution is 2.20. The van der Waals surface area contributed by atoms with E-state index in [9.17, 15) is 14.4 Å². The predicted molar refractivity (Wildman–Crippen MR) is 74.1 cm³/mol. The van der Waals surface area contributed by atoms with Crippen LogP contribution >= 0.6 is 0 Å². The number of carboxylic acid groups (broad SMARTS) is 1. The maximum atomic E-state index is 12.1. The third-order valence-corrected chi connectivity index (χ3v) is 3.08. The second-order valence-corrected chi connectivity index (χ2v) is 4.64. The Morgan fingerprint density at radius 1 is 1.30 bits per heavy atom. The molecule has 0 aliphatic carbocycles. The minimum absolute atomic E-state index is 0.0172. The van der Waals surface area contributed by atoms with E-state index in [4.69, 9.17) is 5.11 Å². The molecule has 0 aliphatic heterocycles. The lowest BCUT2D eigenvalue weighted by Crippen LogP contribution is -2.26. The number of aromatic nitrogens is 1. The summed E-state index contributed by atoms with van der Waals surface area (Å²) in [6, 6.07) is 0. The Morgan fingerprint density at radius 3 is 2.45 bits per heavy atom. The Labute approximate surface area is 117 Å². The van der Waals surface area contributed by atoms with Crippen LogP contribution in [0, 0.1) is 6.92 Å². The molecular weight excluding hydrogens is 260 g/mol. The molecule has 1 amide bonds. The fraction of sp³-hybridized carbons (Fsp3) is 0.500. The topological polar surface area (TPSA) is 99.3 Å². The molecule has 0 radical (unpaired) electrons. The van der Waals surface area contributed by atoms with Crippen molar-refractivity contribution in [2.75, 3.05) is 6.54 Å². The summed E-state index contributed by atoms with van der Waals surface area (Å²) in [6.07, 6.45) is 0.974. The maximum absolute atomic E-state index is 12.1. The molecule has 20 heavy (non-hydrogen) atoms. The highest BCUT2D eigenvalue weighted by Gasteiger charge is 2.21. The molecule has 1 aromatic rings. The standard InChI is InChI=1S/C14H20N2O4/c1-4-10-12(9(3)17)8(2)16-13(10)14(20)15-7-5-6-11(18)19/h16H,4-7H2,1-3H3,(H,15,20)(H,18,19). The van der Waals surface area contributed by atoms with Crippen LogP contribution in [-0.4, -0.2) is 34.3 Å². The zero-order valence-corrected chi connectivity index (χ0v) is 12.0. The number of carboxylic acids is 1. The summed E-state index contributed by atoms with van der Waals surface area (Å²) in [5.41, 5.74) is 2.37. The molecule has 0 aromatic carbocycles. The average Bonchev–Trinajstić information content (AvgIpc) is 2.71. The molecule has 6 nitrogen and oxygen atoms in total. The molecule has 0 saturated heterocycles. The van der Waals surface area contributed by atoms with Crippen LogP contribution in [0.2, 0.25) is 0 Å². The highest BCUT2D eigenvalue weighted by molar-refractivity contribution is 6.02. The van der Waals surface area contributed by atoms with Crippen LogP contribution < -0.4 is 5.32 Å². The van der Waals surface area contributed by atoms with E-state index in [1.807, 2.05) is 6.92 Å². The Bertz CT molecular complexity index is 532. The van der Waals surface area contributed by atoms with Crippen LogP contribution in [0.15, 0.2) is 0 Å². The highest BCUT2D eigenvalue weighted by atomic mass is 16.4. The van der Waals surface area contributed by atoms with Gasteiger partial charge in [0.1, 0.15) is 5.69 Å². The van der Waals surface area contributed by atoms with Crippen molar-refractivity contribution in [1.29, 1.82) is 0 Å². The quantitative estimate of drug-likeness (QED) is 0.522. The maximum Gasteiger partial charge on any atom is 0.303 e. The van der Waals surface area contributed by atoms with E-state index in [1.165, 1.54) is 6.92 Å². The number of nitrogens with one attached hydrogen (secondary N) is 2. The number of carbonyl (C=O) groups excluding carboxylic acids is 2. The van der Waals surface area contributed by atoms with Gasteiger partial charge in [-0.2, -0.15) is 0 Å². The van der Waals surface area contributed by atoms with Gasteiger partial charge in [-0.05, 0) is 32.3 Å². The largest absolute Gasteiger partial charge is 0.481 e. The molecule has 0 atom stereocenters. The summed E-state index contributed by atoms with van der Waals surface area (Å²) < 4.78 is 0. The van der Waals surface area contributed by atoms with Crippen molar-refractivity contribution >= 4 is 17.7 Å². The van der Waals surface area contributed by atoms with E-state index in [0.29, 0.717) is 41.9 Å². The molecule has 0 fully saturated rings. The number of rotatable bonds is 7. The first kappa shape index (κ1) is 15.9. The number of Topliss-reactive ketones (excluding diaryl/α,β-unsaturated/α-hetero) is 1. The normalized spacial score (nSPS) is 10.3. The van der Waals surface area contributed by atoms with Crippen molar-refractivity contribution in [3.63, 3.8) is 0 Å². The molecule has 3 N–H and O–H groups in total. The second kappa shape index (κ2) is 6.88. The van der Waals surface area contributed by atoms with Gasteiger partial charge in [0.15, 0.2) is 5.78 Å². The van der Waals surface area contributed by atoms with Crippen LogP contribution in [0.4, 0.5) is 0 Å². The van der Waals surface area contributed by atoms with E-state index >= 15 is 0 Å². The van der Waals surface area contributed by atoms with Gasteiger partial charge in [0.05, 0.1) is 0 Å². The monoisotopic (exact) mass is 280 g/mol. The van der Waals surface area contributed by atoms with Gasteiger partial charge in [0.2, 0.25) is 0 Å². The molecule has 0 spiro atoms. The van der Waals surface area contributed by atoms with Crippen molar-refractivity contribution in [1.82, 2.24) is 10.3 Å². The molecule has 1 rings (SSSR count). The van der Waals surface area contributed by atoms with Gasteiger partial charge in [-0.15, -0.1) is 0 Å². The van der Waals surface area contributed by atoms with Gasteiger partial charge in [-0.25, -0.2) is 0 Å². The van der Waals surface area contributed by atoms with Gasteiger partial charge < -0.3 is 15.4 Å². The van der Waals surface area contributed by atoms with Crippen LogP contribution in [-0.2, 0) is 11.2 Å². The minimum atomic E-state index is -0.886. The number of aliphatic carboxylic acids is 1. The van der Waals surface area contributed by atoms with E-state index in [1.54, 1.807) is 6.92 Å². The lowest BCUT2D eigenvalue weighted by atomic mass is 10.0. The smallest absolute Gasteiger partial charge is 0.303 e. The number of aryl methyl sites for hydroxylation is 1. The summed E-state index contributed by atoms with van der Waals surface area (Å²) in [7, 11) is 0. The number of H-pyrrole nitrogens is 1. The molecule has 1 aromatic heterocycles. The van der Waals surface area contributed by atoms with Crippen LogP contribution in [0.5, 0.6) is 0 Å². The molecule has 0 saturated carbocycles. The SMILES string of the molecule is CCc1c(C(=O)NCCCC(=O)O)[nH]c(C)c1C(C)=O. The number of aromatic amines is 1. The fourth-order valence-electron chi connectivity index (χ4n) is 2.23. The fourth-order valence-corrected chi connectivity index (χ4v) is 2.23. The first-order chi connectivity index (χ1) is 9.38. The third kappa shape index (κ3) is 3.69. The number of ketones is 1. The van der Waals surface area contributed by atoms with Gasteiger partial charge in [-0.3, -0.25) is 14.4 Å². The molecule has 0 bridgehead atoms. The van der Waals surface area contributed by atoms with E-state index in [2.05, 4.69) is 10.3 Å². The van der Waals surface area contributed by atoms with Crippen LogP contribution in [0.3, 0.4) is 0 Å². The van der Waals surface area contributed by atoms with Crippen molar-refractivity contribution in [3.05, 3.63) is 22.5 Å². The van der Waals surface area contributed by atoms with E-state index < -0.39 is 5.97 Å². The Kier molecular flexibility index (Phi) is 5.49. The Hall–Kier alpha value is -2.11. The third-order valence-electron chi connectivity index (χ3n) is 3.08. The van der Waals surface area contributed by atoms with Crippen molar-refractivity contribution < 1.29 is 19.5 Å². The number of hydrogen-bond acceptors (Lipinski definition) is 3. The average molecular weight is 280 g/mol. The van der Waals surface area contributed by atoms with Crippen LogP contribution in [0.25, 0.3) is 0 Å². The first-order valence-electron chi connectivity index (χ1n) is 6.60. The number of hydrogen-bond donors (Lipinski definition) is 3. The van der Waals surface area contributed by atoms with Gasteiger partial charge in [0.25, 0.3) is 5.91 Å². The summed E-state index contributed by atoms with van der Waals surface area (Å²) in [4.78, 5) is 37.0. The molecule has 0 unspecified atom stereocenters. The summed E-state index contributed by atoms with van der Waals surface area (Å²) in [5, 5.41) is 11.2.